The minimum atomic E-state index is 0.672. The molecule has 2 heteroatoms. The van der Waals surface area contributed by atoms with Crippen LogP contribution < -0.4 is 0 Å². The number of carbonyl (C=O) groups is 1. The Hall–Kier alpha value is 0.0200. The number of hydrogen-bond donors (Lipinski definition) is 0. The van der Waals surface area contributed by atoms with Crippen molar-refractivity contribution in [2.24, 2.45) is 11.3 Å². The van der Waals surface area contributed by atoms with Crippen LogP contribution in [-0.4, -0.2) is 17.8 Å². The van der Waals surface area contributed by atoms with E-state index in [-0.39, 0.29) is 0 Å². The van der Waals surface area contributed by atoms with Crippen LogP contribution in [0.4, 0.5) is 0 Å². The Labute approximate surface area is 59.2 Å². The SMILES string of the molecule is O=CCC1CC12CSC2. The lowest BCUT2D eigenvalue weighted by Crippen LogP contribution is -2.21. The molecule has 1 nitrogen and oxygen atoms in total. The van der Waals surface area contributed by atoms with E-state index in [2.05, 4.69) is 0 Å². The lowest BCUT2D eigenvalue weighted by atomic mass is 10.1. The molecular formula is C7H10OS. The zero-order valence-corrected chi connectivity index (χ0v) is 6.12. The van der Waals surface area contributed by atoms with Gasteiger partial charge in [0, 0.05) is 17.9 Å². The summed E-state index contributed by atoms with van der Waals surface area (Å²) < 4.78 is 0. The molecule has 0 radical (unpaired) electrons. The van der Waals surface area contributed by atoms with Crippen molar-refractivity contribution >= 4 is 18.0 Å². The maximum atomic E-state index is 10.1. The molecule has 50 valence electrons. The standard InChI is InChI=1S/C7H10OS/c8-2-1-6-3-7(6)4-9-5-7/h2,6H,1,3-5H2. The third-order valence-corrected chi connectivity index (χ3v) is 4.08. The van der Waals surface area contributed by atoms with Gasteiger partial charge in [-0.3, -0.25) is 0 Å². The Kier molecular flexibility index (Phi) is 1.12. The van der Waals surface area contributed by atoms with Gasteiger partial charge in [-0.25, -0.2) is 0 Å². The number of hydrogen-bond acceptors (Lipinski definition) is 2. The first kappa shape index (κ1) is 5.78. The maximum Gasteiger partial charge on any atom is 0.120 e. The topological polar surface area (TPSA) is 17.1 Å². The third-order valence-electron chi connectivity index (χ3n) is 2.52. The lowest BCUT2D eigenvalue weighted by Gasteiger charge is -2.25. The second-order valence-electron chi connectivity index (χ2n) is 3.16. The third kappa shape index (κ3) is 0.725. The summed E-state index contributed by atoms with van der Waals surface area (Å²) in [7, 11) is 0. The molecule has 1 spiro atoms. The van der Waals surface area contributed by atoms with Crippen LogP contribution in [0.5, 0.6) is 0 Å². The van der Waals surface area contributed by atoms with E-state index in [0.717, 1.165) is 18.6 Å². The van der Waals surface area contributed by atoms with Crippen molar-refractivity contribution in [2.45, 2.75) is 12.8 Å². The Morgan fingerprint density at radius 1 is 1.67 bits per heavy atom. The van der Waals surface area contributed by atoms with E-state index in [1.165, 1.54) is 17.9 Å². The van der Waals surface area contributed by atoms with Gasteiger partial charge in [0.05, 0.1) is 0 Å². The molecule has 0 aromatic rings. The van der Waals surface area contributed by atoms with Gasteiger partial charge >= 0.3 is 0 Å². The number of thioether (sulfide) groups is 1. The predicted molar refractivity (Wildman–Crippen MR) is 38.5 cm³/mol. The molecule has 1 heterocycles. The quantitative estimate of drug-likeness (QED) is 0.541. The van der Waals surface area contributed by atoms with Crippen LogP contribution in [-0.2, 0) is 4.79 Å². The van der Waals surface area contributed by atoms with Gasteiger partial charge in [0.15, 0.2) is 0 Å². The Bertz CT molecular complexity index is 140. The van der Waals surface area contributed by atoms with Crippen LogP contribution in [0.15, 0.2) is 0 Å². The first-order valence-electron chi connectivity index (χ1n) is 3.39. The average molecular weight is 142 g/mol. The van der Waals surface area contributed by atoms with Crippen LogP contribution in [0.2, 0.25) is 0 Å². The highest BCUT2D eigenvalue weighted by atomic mass is 32.2. The van der Waals surface area contributed by atoms with Crippen molar-refractivity contribution in [3.05, 3.63) is 0 Å². The van der Waals surface area contributed by atoms with Gasteiger partial charge in [0.25, 0.3) is 0 Å². The summed E-state index contributed by atoms with van der Waals surface area (Å²) in [4.78, 5) is 10.1. The highest BCUT2D eigenvalue weighted by molar-refractivity contribution is 8.00. The van der Waals surface area contributed by atoms with Gasteiger partial charge in [-0.05, 0) is 17.8 Å². The van der Waals surface area contributed by atoms with E-state index < -0.39 is 0 Å². The van der Waals surface area contributed by atoms with Gasteiger partial charge in [0.1, 0.15) is 6.29 Å². The zero-order chi connectivity index (χ0) is 6.32. The van der Waals surface area contributed by atoms with Gasteiger partial charge in [-0.2, -0.15) is 11.8 Å². The van der Waals surface area contributed by atoms with Crippen molar-refractivity contribution in [3.63, 3.8) is 0 Å². The minimum absolute atomic E-state index is 0.672. The maximum absolute atomic E-state index is 10.1. The largest absolute Gasteiger partial charge is 0.303 e. The zero-order valence-electron chi connectivity index (χ0n) is 5.30. The highest BCUT2D eigenvalue weighted by Crippen LogP contribution is 2.63. The van der Waals surface area contributed by atoms with Gasteiger partial charge in [-0.1, -0.05) is 0 Å². The van der Waals surface area contributed by atoms with Crippen molar-refractivity contribution in [2.75, 3.05) is 11.5 Å². The smallest absolute Gasteiger partial charge is 0.120 e. The summed E-state index contributed by atoms with van der Waals surface area (Å²) >= 11 is 2.02. The summed E-state index contributed by atoms with van der Waals surface area (Å²) in [6.07, 6.45) is 3.22. The Balaban J connectivity index is 1.86. The molecule has 0 aromatic carbocycles. The number of rotatable bonds is 2. The van der Waals surface area contributed by atoms with E-state index in [0.29, 0.717) is 5.41 Å². The summed E-state index contributed by atoms with van der Waals surface area (Å²) in [6.45, 7) is 0. The molecule has 1 saturated carbocycles. The molecule has 1 atom stereocenters. The number of carbonyl (C=O) groups excluding carboxylic acids is 1. The first-order chi connectivity index (χ1) is 4.37. The molecule has 2 aliphatic rings. The van der Waals surface area contributed by atoms with Crippen molar-refractivity contribution < 1.29 is 4.79 Å². The second-order valence-corrected chi connectivity index (χ2v) is 4.14. The van der Waals surface area contributed by atoms with Crippen LogP contribution in [0, 0.1) is 11.3 Å². The van der Waals surface area contributed by atoms with Crippen LogP contribution in [0.1, 0.15) is 12.8 Å². The summed E-state index contributed by atoms with van der Waals surface area (Å²) in [5.41, 5.74) is 0.672. The van der Waals surface area contributed by atoms with Crippen LogP contribution >= 0.6 is 11.8 Å². The molecular weight excluding hydrogens is 132 g/mol. The number of aldehydes is 1. The predicted octanol–water partition coefficient (Wildman–Crippen LogP) is 1.33. The van der Waals surface area contributed by atoms with E-state index in [1.807, 2.05) is 11.8 Å². The van der Waals surface area contributed by atoms with Crippen LogP contribution in [0.3, 0.4) is 0 Å². The Morgan fingerprint density at radius 2 is 2.44 bits per heavy atom. The average Bonchev–Trinajstić information content (AvgIpc) is 2.41. The van der Waals surface area contributed by atoms with Gasteiger partial charge in [-0.15, -0.1) is 0 Å². The van der Waals surface area contributed by atoms with Crippen molar-refractivity contribution in [3.8, 4) is 0 Å². The Morgan fingerprint density at radius 3 is 2.78 bits per heavy atom. The lowest BCUT2D eigenvalue weighted by molar-refractivity contribution is -0.108. The normalized spacial score (nSPS) is 35.8. The fraction of sp³-hybridized carbons (Fsp3) is 0.857. The summed E-state index contributed by atoms with van der Waals surface area (Å²) in [6, 6.07) is 0. The van der Waals surface area contributed by atoms with Crippen LogP contribution in [0.25, 0.3) is 0 Å². The molecule has 1 unspecified atom stereocenters. The summed E-state index contributed by atoms with van der Waals surface area (Å²) in [5, 5.41) is 0. The second kappa shape index (κ2) is 1.75. The molecule has 1 saturated heterocycles. The monoisotopic (exact) mass is 142 g/mol. The molecule has 2 rings (SSSR count). The minimum Gasteiger partial charge on any atom is -0.303 e. The molecule has 1 aliphatic heterocycles. The van der Waals surface area contributed by atoms with Gasteiger partial charge < -0.3 is 4.79 Å². The van der Waals surface area contributed by atoms with Crippen molar-refractivity contribution in [1.29, 1.82) is 0 Å². The molecule has 1 aliphatic carbocycles. The fourth-order valence-electron chi connectivity index (χ4n) is 1.60. The van der Waals surface area contributed by atoms with E-state index >= 15 is 0 Å². The molecule has 2 fully saturated rings. The highest BCUT2D eigenvalue weighted by Gasteiger charge is 2.57. The fourth-order valence-corrected chi connectivity index (χ4v) is 3.03. The van der Waals surface area contributed by atoms with E-state index in [9.17, 15) is 4.79 Å². The van der Waals surface area contributed by atoms with Gasteiger partial charge in [0.2, 0.25) is 0 Å². The summed E-state index contributed by atoms with van der Waals surface area (Å²) in [5.74, 6) is 3.42. The molecule has 0 N–H and O–H groups in total. The van der Waals surface area contributed by atoms with Crippen molar-refractivity contribution in [1.82, 2.24) is 0 Å². The van der Waals surface area contributed by atoms with E-state index in [4.69, 9.17) is 0 Å². The molecule has 0 bridgehead atoms. The molecule has 9 heavy (non-hydrogen) atoms. The molecule has 0 amide bonds. The first-order valence-corrected chi connectivity index (χ1v) is 4.54. The molecule has 0 aromatic heterocycles. The van der Waals surface area contributed by atoms with E-state index in [1.54, 1.807) is 0 Å².